The Hall–Kier alpha value is -1.73. The molecule has 1 aliphatic rings. The second-order valence-electron chi connectivity index (χ2n) is 5.51. The first-order valence-corrected chi connectivity index (χ1v) is 7.90. The number of nitrogen functional groups attached to an aromatic ring is 1. The van der Waals surface area contributed by atoms with E-state index >= 15 is 0 Å². The lowest BCUT2D eigenvalue weighted by atomic mass is 10.1. The number of hydrogen-bond donors (Lipinski definition) is 1. The van der Waals surface area contributed by atoms with Crippen LogP contribution in [0.4, 0.5) is 11.9 Å². The lowest BCUT2D eigenvalue weighted by Crippen LogP contribution is -2.33. The van der Waals surface area contributed by atoms with Crippen LogP contribution >= 0.6 is 11.3 Å². The van der Waals surface area contributed by atoms with E-state index in [1.54, 1.807) is 0 Å². The Morgan fingerprint density at radius 3 is 2.90 bits per heavy atom. The average Bonchev–Trinajstić information content (AvgIpc) is 2.93. The molecule has 1 aliphatic heterocycles. The van der Waals surface area contributed by atoms with Crippen LogP contribution in [0.1, 0.15) is 29.2 Å². The van der Waals surface area contributed by atoms with Crippen LogP contribution < -0.4 is 10.6 Å². The van der Waals surface area contributed by atoms with E-state index in [9.17, 15) is 0 Å². The van der Waals surface area contributed by atoms with Crippen molar-refractivity contribution >= 4 is 23.2 Å². The van der Waals surface area contributed by atoms with Crippen molar-refractivity contribution in [1.29, 1.82) is 0 Å². The molecule has 1 atom stereocenters. The predicted octanol–water partition coefficient (Wildman–Crippen LogP) is 1.70. The first-order valence-electron chi connectivity index (χ1n) is 7.02. The van der Waals surface area contributed by atoms with E-state index in [-0.39, 0.29) is 12.0 Å². The van der Waals surface area contributed by atoms with E-state index < -0.39 is 0 Å². The third kappa shape index (κ3) is 2.84. The summed E-state index contributed by atoms with van der Waals surface area (Å²) in [7, 11) is 3.81. The van der Waals surface area contributed by atoms with Crippen LogP contribution in [0, 0.1) is 0 Å². The number of nitrogens with two attached hydrogens (primary N) is 1. The second-order valence-corrected chi connectivity index (χ2v) is 6.51. The first-order chi connectivity index (χ1) is 10.0. The van der Waals surface area contributed by atoms with Crippen LogP contribution in [0.3, 0.4) is 0 Å². The lowest BCUT2D eigenvalue weighted by Gasteiger charge is -2.31. The number of anilines is 2. The quantitative estimate of drug-likeness (QED) is 0.930. The zero-order valence-corrected chi connectivity index (χ0v) is 13.4. The summed E-state index contributed by atoms with van der Waals surface area (Å²) in [6, 6.07) is 2.34. The summed E-state index contributed by atoms with van der Waals surface area (Å²) in [4.78, 5) is 18.8. The van der Waals surface area contributed by atoms with Crippen LogP contribution in [0.5, 0.6) is 0 Å². The van der Waals surface area contributed by atoms with Gasteiger partial charge < -0.3 is 10.6 Å². The molecule has 3 heterocycles. The van der Waals surface area contributed by atoms with Gasteiger partial charge in [0.05, 0.1) is 6.04 Å². The molecular weight excluding hydrogens is 284 g/mol. The molecule has 2 N–H and O–H groups in total. The summed E-state index contributed by atoms with van der Waals surface area (Å²) in [5, 5.41) is 2.17. The summed E-state index contributed by atoms with van der Waals surface area (Å²) < 4.78 is 0. The molecule has 0 amide bonds. The maximum Gasteiger partial charge on any atom is 0.229 e. The minimum Gasteiger partial charge on any atom is -0.368 e. The highest BCUT2D eigenvalue weighted by Gasteiger charge is 2.25. The fraction of sp³-hybridized carbons (Fsp3) is 0.500. The fourth-order valence-corrected chi connectivity index (χ4v) is 3.44. The third-order valence-electron chi connectivity index (χ3n) is 3.82. The van der Waals surface area contributed by atoms with Crippen LogP contribution in [0.15, 0.2) is 11.4 Å². The highest BCUT2D eigenvalue weighted by Crippen LogP contribution is 2.29. The van der Waals surface area contributed by atoms with E-state index in [0.717, 1.165) is 25.3 Å². The van der Waals surface area contributed by atoms with Crippen molar-refractivity contribution in [3.8, 4) is 0 Å². The van der Waals surface area contributed by atoms with Gasteiger partial charge in [-0.2, -0.15) is 15.0 Å². The highest BCUT2D eigenvalue weighted by atomic mass is 32.1. The molecule has 3 rings (SSSR count). The monoisotopic (exact) mass is 304 g/mol. The number of hydrogen-bond acceptors (Lipinski definition) is 7. The molecule has 0 bridgehead atoms. The zero-order chi connectivity index (χ0) is 15.0. The average molecular weight is 304 g/mol. The van der Waals surface area contributed by atoms with Gasteiger partial charge in [0.15, 0.2) is 5.82 Å². The highest BCUT2D eigenvalue weighted by molar-refractivity contribution is 7.10. The van der Waals surface area contributed by atoms with E-state index in [1.807, 2.05) is 30.3 Å². The smallest absolute Gasteiger partial charge is 0.229 e. The molecule has 0 aromatic carbocycles. The van der Waals surface area contributed by atoms with Gasteiger partial charge in [-0.3, -0.25) is 4.90 Å². The van der Waals surface area contributed by atoms with Crippen LogP contribution in [0.25, 0.3) is 0 Å². The second kappa shape index (κ2) is 5.57. The van der Waals surface area contributed by atoms with Crippen LogP contribution in [-0.2, 0) is 13.0 Å². The van der Waals surface area contributed by atoms with Gasteiger partial charge in [0, 0.05) is 32.1 Å². The van der Waals surface area contributed by atoms with Gasteiger partial charge in [0.25, 0.3) is 0 Å². The number of rotatable bonds is 3. The van der Waals surface area contributed by atoms with Gasteiger partial charge in [-0.15, -0.1) is 11.3 Å². The summed E-state index contributed by atoms with van der Waals surface area (Å²) in [6.45, 7) is 4.10. The molecule has 0 saturated carbocycles. The zero-order valence-electron chi connectivity index (χ0n) is 12.6. The van der Waals surface area contributed by atoms with E-state index in [4.69, 9.17) is 5.73 Å². The molecule has 6 nitrogen and oxygen atoms in total. The van der Waals surface area contributed by atoms with Crippen LogP contribution in [0.2, 0.25) is 0 Å². The van der Waals surface area contributed by atoms with Crippen molar-refractivity contribution in [3.63, 3.8) is 0 Å². The van der Waals surface area contributed by atoms with Crippen molar-refractivity contribution in [2.45, 2.75) is 25.9 Å². The van der Waals surface area contributed by atoms with Gasteiger partial charge >= 0.3 is 0 Å². The lowest BCUT2D eigenvalue weighted by molar-refractivity contribution is 0.186. The summed E-state index contributed by atoms with van der Waals surface area (Å²) >= 11 is 1.85. The maximum atomic E-state index is 5.82. The van der Waals surface area contributed by atoms with Gasteiger partial charge in [0.1, 0.15) is 0 Å². The Morgan fingerprint density at radius 1 is 1.33 bits per heavy atom. The van der Waals surface area contributed by atoms with Crippen LogP contribution in [-0.4, -0.2) is 40.5 Å². The number of thiophene rings is 1. The largest absolute Gasteiger partial charge is 0.368 e. The molecule has 21 heavy (non-hydrogen) atoms. The molecule has 0 spiro atoms. The number of fused-ring (bicyclic) bond motifs is 1. The van der Waals surface area contributed by atoms with Crippen molar-refractivity contribution in [3.05, 3.63) is 27.7 Å². The fourth-order valence-electron chi connectivity index (χ4n) is 2.55. The van der Waals surface area contributed by atoms with Gasteiger partial charge in [-0.05, 0) is 30.4 Å². The molecule has 0 fully saturated rings. The Labute approximate surface area is 128 Å². The number of aromatic nitrogens is 3. The normalized spacial score (nSPS) is 16.5. The molecule has 7 heteroatoms. The Bertz CT molecular complexity index is 638. The van der Waals surface area contributed by atoms with Gasteiger partial charge in [-0.25, -0.2) is 0 Å². The minimum atomic E-state index is 0.127. The maximum absolute atomic E-state index is 5.82. The first kappa shape index (κ1) is 14.2. The van der Waals surface area contributed by atoms with Gasteiger partial charge in [-0.1, -0.05) is 0 Å². The SMILES string of the molecule is C[C@@H](c1nc(N)nc(N(C)C)n1)N1CCc2sccc2C1. The van der Waals surface area contributed by atoms with Crippen molar-refractivity contribution < 1.29 is 0 Å². The molecule has 0 aliphatic carbocycles. The molecule has 112 valence electrons. The molecule has 0 radical (unpaired) electrons. The molecule has 0 unspecified atom stereocenters. The molecule has 0 saturated heterocycles. The molecule has 2 aromatic heterocycles. The number of nitrogens with zero attached hydrogens (tertiary/aromatic N) is 5. The van der Waals surface area contributed by atoms with E-state index in [1.165, 1.54) is 10.4 Å². The standard InChI is InChI=1S/C14H20N6S/c1-9(12-16-13(15)18-14(17-12)19(2)3)20-6-4-11-10(8-20)5-7-21-11/h5,7,9H,4,6,8H2,1-3H3,(H2,15,16,17,18)/t9-/m0/s1. The van der Waals surface area contributed by atoms with E-state index in [2.05, 4.69) is 38.2 Å². The molecular formula is C14H20N6S. The Morgan fingerprint density at radius 2 is 2.14 bits per heavy atom. The molecule has 2 aromatic rings. The van der Waals surface area contributed by atoms with Crippen molar-refractivity contribution in [2.75, 3.05) is 31.3 Å². The minimum absolute atomic E-state index is 0.127. The van der Waals surface area contributed by atoms with Crippen molar-refractivity contribution in [1.82, 2.24) is 19.9 Å². The summed E-state index contributed by atoms with van der Waals surface area (Å²) in [5.74, 6) is 1.63. The van der Waals surface area contributed by atoms with E-state index in [0.29, 0.717) is 5.95 Å². The van der Waals surface area contributed by atoms with Crippen molar-refractivity contribution in [2.24, 2.45) is 0 Å². The summed E-state index contributed by atoms with van der Waals surface area (Å²) in [5.41, 5.74) is 7.24. The topological polar surface area (TPSA) is 71.2 Å². The predicted molar refractivity (Wildman–Crippen MR) is 85.4 cm³/mol. The summed E-state index contributed by atoms with van der Waals surface area (Å²) in [6.07, 6.45) is 1.10. The Kier molecular flexibility index (Phi) is 3.77. The van der Waals surface area contributed by atoms with Gasteiger partial charge in [0.2, 0.25) is 11.9 Å². The third-order valence-corrected chi connectivity index (χ3v) is 4.84. The Balaban J connectivity index is 1.84.